The van der Waals surface area contributed by atoms with Crippen LogP contribution in [0.25, 0.3) is 0 Å². The van der Waals surface area contributed by atoms with Crippen molar-refractivity contribution in [3.05, 3.63) is 106 Å². The van der Waals surface area contributed by atoms with Crippen molar-refractivity contribution in [2.45, 2.75) is 57.5 Å². The quantitative estimate of drug-likeness (QED) is 0.159. The van der Waals surface area contributed by atoms with Gasteiger partial charge in [-0.15, -0.1) is 5.10 Å². The molecule has 8 heteroatoms. The lowest BCUT2D eigenvalue weighted by molar-refractivity contribution is -0.113. The molecule has 0 saturated heterocycles. The molecule has 1 atom stereocenters. The van der Waals surface area contributed by atoms with Crippen LogP contribution in [0, 0.1) is 13.8 Å². The first-order chi connectivity index (χ1) is 19.4. The van der Waals surface area contributed by atoms with Gasteiger partial charge in [-0.05, 0) is 62.1 Å². The summed E-state index contributed by atoms with van der Waals surface area (Å²) in [5, 5.41) is 12.0. The highest BCUT2D eigenvalue weighted by molar-refractivity contribution is 7.98. The first-order valence-electron chi connectivity index (χ1n) is 13.7. The van der Waals surface area contributed by atoms with E-state index in [0.717, 1.165) is 52.4 Å². The van der Waals surface area contributed by atoms with Crippen molar-refractivity contribution < 1.29 is 9.53 Å². The van der Waals surface area contributed by atoms with Crippen molar-refractivity contribution in [1.82, 2.24) is 14.8 Å². The smallest absolute Gasteiger partial charge is 0.255 e. The number of amides is 1. The van der Waals surface area contributed by atoms with E-state index < -0.39 is 6.04 Å². The number of rotatable bonds is 10. The van der Waals surface area contributed by atoms with Gasteiger partial charge in [0.2, 0.25) is 11.1 Å². The highest BCUT2D eigenvalue weighted by Gasteiger charge is 2.34. The molecule has 1 aliphatic rings. The van der Waals surface area contributed by atoms with E-state index in [9.17, 15) is 4.79 Å². The van der Waals surface area contributed by atoms with Crippen LogP contribution in [0.5, 0.6) is 5.75 Å². The second-order valence-electron chi connectivity index (χ2n) is 10.1. The predicted molar refractivity (Wildman–Crippen MR) is 162 cm³/mol. The van der Waals surface area contributed by atoms with Gasteiger partial charge in [0.05, 0.1) is 12.2 Å². The number of hydrogen-bond acceptors (Lipinski definition) is 6. The van der Waals surface area contributed by atoms with Gasteiger partial charge in [-0.3, -0.25) is 4.79 Å². The molecular weight excluding hydrogens is 518 g/mol. The highest BCUT2D eigenvalue weighted by Crippen LogP contribution is 2.38. The summed E-state index contributed by atoms with van der Waals surface area (Å²) in [5.41, 5.74) is 6.38. The largest absolute Gasteiger partial charge is 0.494 e. The molecule has 1 unspecified atom stereocenters. The molecule has 0 spiro atoms. The average Bonchev–Trinajstić information content (AvgIpc) is 3.36. The molecule has 1 aromatic heterocycles. The van der Waals surface area contributed by atoms with Crippen molar-refractivity contribution in [1.29, 1.82) is 0 Å². The Bertz CT molecular complexity index is 1530. The predicted octanol–water partition coefficient (Wildman–Crippen LogP) is 7.29. The van der Waals surface area contributed by atoms with Crippen LogP contribution in [0.2, 0.25) is 0 Å². The summed E-state index contributed by atoms with van der Waals surface area (Å²) >= 11 is 1.57. The summed E-state index contributed by atoms with van der Waals surface area (Å²) in [7, 11) is 0. The Kier molecular flexibility index (Phi) is 8.55. The maximum Gasteiger partial charge on any atom is 0.255 e. The molecule has 206 valence electrons. The number of carbonyl (C=O) groups excluding carboxylic acids is 1. The van der Waals surface area contributed by atoms with Crippen LogP contribution >= 0.6 is 11.8 Å². The van der Waals surface area contributed by atoms with Crippen molar-refractivity contribution in [2.24, 2.45) is 0 Å². The van der Waals surface area contributed by atoms with Crippen LogP contribution in [0.3, 0.4) is 0 Å². The number of benzene rings is 3. The molecular formula is C32H35N5O2S. The topological polar surface area (TPSA) is 81.1 Å². The van der Waals surface area contributed by atoms with E-state index in [1.165, 1.54) is 5.56 Å². The van der Waals surface area contributed by atoms with Crippen LogP contribution in [0.15, 0.2) is 89.2 Å². The molecule has 40 heavy (non-hydrogen) atoms. The lowest BCUT2D eigenvalue weighted by atomic mass is 9.94. The van der Waals surface area contributed by atoms with Crippen molar-refractivity contribution >= 4 is 29.3 Å². The molecule has 0 saturated carbocycles. The van der Waals surface area contributed by atoms with E-state index in [1.807, 2.05) is 80.1 Å². The molecule has 1 aliphatic heterocycles. The lowest BCUT2D eigenvalue weighted by Gasteiger charge is -2.29. The molecule has 2 N–H and O–H groups in total. The minimum atomic E-state index is -0.477. The van der Waals surface area contributed by atoms with Crippen LogP contribution < -0.4 is 15.4 Å². The number of thioether (sulfide) groups is 1. The number of hydrogen-bond donors (Lipinski definition) is 2. The zero-order chi connectivity index (χ0) is 28.1. The van der Waals surface area contributed by atoms with Crippen LogP contribution in [0.1, 0.15) is 55.0 Å². The Hall–Kier alpha value is -4.04. The lowest BCUT2D eigenvalue weighted by Crippen LogP contribution is -2.31. The van der Waals surface area contributed by atoms with Gasteiger partial charge in [0.15, 0.2) is 0 Å². The number of fused-ring (bicyclic) bond motifs is 1. The molecule has 0 bridgehead atoms. The average molecular weight is 554 g/mol. The Morgan fingerprint density at radius 3 is 2.65 bits per heavy atom. The van der Waals surface area contributed by atoms with E-state index in [1.54, 1.807) is 11.8 Å². The monoisotopic (exact) mass is 553 g/mol. The fourth-order valence-corrected chi connectivity index (χ4v) is 5.55. The minimum absolute atomic E-state index is 0.182. The zero-order valence-corrected chi connectivity index (χ0v) is 24.2. The maximum atomic E-state index is 13.9. The Morgan fingerprint density at radius 1 is 1.05 bits per heavy atom. The van der Waals surface area contributed by atoms with Crippen molar-refractivity contribution in [2.75, 3.05) is 17.2 Å². The van der Waals surface area contributed by atoms with Gasteiger partial charge in [0.1, 0.15) is 11.8 Å². The third-order valence-electron chi connectivity index (χ3n) is 6.86. The molecule has 1 amide bonds. The summed E-state index contributed by atoms with van der Waals surface area (Å²) in [4.78, 5) is 18.7. The highest BCUT2D eigenvalue weighted by atomic mass is 32.2. The van der Waals surface area contributed by atoms with Gasteiger partial charge in [-0.2, -0.15) is 4.98 Å². The first-order valence-corrected chi connectivity index (χ1v) is 14.6. The molecule has 7 nitrogen and oxygen atoms in total. The third kappa shape index (κ3) is 6.23. The third-order valence-corrected chi connectivity index (χ3v) is 7.77. The van der Waals surface area contributed by atoms with E-state index in [-0.39, 0.29) is 5.91 Å². The van der Waals surface area contributed by atoms with Crippen LogP contribution in [0.4, 0.5) is 11.6 Å². The second-order valence-corrected chi connectivity index (χ2v) is 11.0. The summed E-state index contributed by atoms with van der Waals surface area (Å²) in [6, 6.07) is 23.7. The molecule has 0 radical (unpaired) electrons. The van der Waals surface area contributed by atoms with Gasteiger partial charge in [-0.25, -0.2) is 4.68 Å². The van der Waals surface area contributed by atoms with E-state index in [4.69, 9.17) is 14.8 Å². The number of nitrogens with zero attached hydrogens (tertiary/aromatic N) is 3. The van der Waals surface area contributed by atoms with Crippen LogP contribution in [-0.2, 0) is 10.5 Å². The molecule has 2 heterocycles. The van der Waals surface area contributed by atoms with Gasteiger partial charge in [0.25, 0.3) is 5.91 Å². The molecule has 3 aromatic carbocycles. The number of aryl methyl sites for hydroxylation is 2. The number of ether oxygens (including phenoxy) is 1. The number of nitrogens with one attached hydrogen (secondary N) is 2. The minimum Gasteiger partial charge on any atom is -0.494 e. The normalized spacial score (nSPS) is 14.4. The summed E-state index contributed by atoms with van der Waals surface area (Å²) in [6.07, 6.45) is 2.04. The number of anilines is 2. The zero-order valence-electron chi connectivity index (χ0n) is 23.4. The van der Waals surface area contributed by atoms with E-state index in [2.05, 4.69) is 35.8 Å². The fraction of sp³-hybridized carbons (Fsp3) is 0.281. The molecule has 5 rings (SSSR count). The first kappa shape index (κ1) is 27.5. The van der Waals surface area contributed by atoms with Gasteiger partial charge in [-0.1, -0.05) is 85.3 Å². The van der Waals surface area contributed by atoms with E-state index >= 15 is 0 Å². The van der Waals surface area contributed by atoms with Gasteiger partial charge >= 0.3 is 0 Å². The molecule has 0 fully saturated rings. The van der Waals surface area contributed by atoms with Crippen molar-refractivity contribution in [3.8, 4) is 5.75 Å². The maximum absolute atomic E-state index is 13.9. The van der Waals surface area contributed by atoms with Gasteiger partial charge < -0.3 is 15.4 Å². The number of carbonyl (C=O) groups is 1. The summed E-state index contributed by atoms with van der Waals surface area (Å²) < 4.78 is 7.84. The SMILES string of the molecule is CCCCOc1cccc(C2C(C(=O)Nc3ccc(C)cc3C)=C(C)Nc3nc(SCc4ccccc4)nn32)c1. The number of unbranched alkanes of at least 4 members (excludes halogenated alkanes) is 1. The van der Waals surface area contributed by atoms with Gasteiger partial charge in [0, 0.05) is 17.1 Å². The number of aromatic nitrogens is 3. The Morgan fingerprint density at radius 2 is 1.88 bits per heavy atom. The Labute approximate surface area is 240 Å². The second kappa shape index (κ2) is 12.4. The summed E-state index contributed by atoms with van der Waals surface area (Å²) in [5.74, 6) is 1.95. The van der Waals surface area contributed by atoms with Crippen LogP contribution in [-0.4, -0.2) is 27.3 Å². The number of allylic oxidation sites excluding steroid dienone is 1. The van der Waals surface area contributed by atoms with E-state index in [0.29, 0.717) is 23.3 Å². The van der Waals surface area contributed by atoms with Crippen molar-refractivity contribution in [3.63, 3.8) is 0 Å². The molecule has 4 aromatic rings. The Balaban J connectivity index is 1.50. The standard InChI is InChI=1S/C32H35N5O2S/c1-5-6-17-39-26-14-10-13-25(19-26)29-28(30(38)34-27-16-15-21(2)18-22(27)3)23(4)33-31-35-32(36-37(29)31)40-20-24-11-8-7-9-12-24/h7-16,18-19,29H,5-6,17,20H2,1-4H3,(H,34,38)(H,33,35,36). The fourth-order valence-electron chi connectivity index (χ4n) is 4.77. The summed E-state index contributed by atoms with van der Waals surface area (Å²) in [6.45, 7) is 8.75. The molecule has 0 aliphatic carbocycles.